The largest absolute Gasteiger partial charge is 0.372 e. The van der Waals surface area contributed by atoms with Crippen LogP contribution < -0.4 is 0 Å². The summed E-state index contributed by atoms with van der Waals surface area (Å²) >= 11 is 1.58. The Hall–Kier alpha value is -2.57. The number of ether oxygens (including phenoxy) is 1. The van der Waals surface area contributed by atoms with Crippen molar-refractivity contribution in [3.05, 3.63) is 81.3 Å². The van der Waals surface area contributed by atoms with Crippen molar-refractivity contribution in [2.45, 2.75) is 13.2 Å². The Kier molecular flexibility index (Phi) is 4.75. The van der Waals surface area contributed by atoms with Crippen molar-refractivity contribution in [2.75, 3.05) is 0 Å². The van der Waals surface area contributed by atoms with Crippen molar-refractivity contribution < 1.29 is 9.66 Å². The second-order valence-corrected chi connectivity index (χ2v) is 5.81. The van der Waals surface area contributed by atoms with E-state index in [2.05, 4.69) is 4.98 Å². The minimum Gasteiger partial charge on any atom is -0.372 e. The molecule has 3 rings (SSSR count). The molecule has 0 saturated heterocycles. The van der Waals surface area contributed by atoms with E-state index in [9.17, 15) is 10.1 Å². The summed E-state index contributed by atoms with van der Waals surface area (Å²) in [5.74, 6) is 0. The number of rotatable bonds is 6. The summed E-state index contributed by atoms with van der Waals surface area (Å²) in [6.45, 7) is 0.756. The Morgan fingerprint density at radius 3 is 2.78 bits per heavy atom. The number of nitro groups is 1. The number of thiazole rings is 1. The van der Waals surface area contributed by atoms with E-state index in [0.29, 0.717) is 13.2 Å². The van der Waals surface area contributed by atoms with Crippen LogP contribution in [0.4, 0.5) is 5.69 Å². The van der Waals surface area contributed by atoms with E-state index in [1.807, 2.05) is 35.7 Å². The van der Waals surface area contributed by atoms with Gasteiger partial charge in [-0.3, -0.25) is 10.1 Å². The topological polar surface area (TPSA) is 65.3 Å². The molecule has 0 radical (unpaired) electrons. The van der Waals surface area contributed by atoms with Gasteiger partial charge in [0.05, 0.1) is 18.1 Å². The molecule has 23 heavy (non-hydrogen) atoms. The molecule has 0 spiro atoms. The van der Waals surface area contributed by atoms with Crippen LogP contribution >= 0.6 is 11.3 Å². The molecule has 5 nitrogen and oxygen atoms in total. The van der Waals surface area contributed by atoms with Gasteiger partial charge in [-0.25, -0.2) is 4.98 Å². The summed E-state index contributed by atoms with van der Waals surface area (Å²) in [5, 5.41) is 13.7. The van der Waals surface area contributed by atoms with Gasteiger partial charge in [0.25, 0.3) is 5.69 Å². The molecule has 3 aromatic rings. The van der Waals surface area contributed by atoms with Crippen molar-refractivity contribution in [3.63, 3.8) is 0 Å². The number of hydrogen-bond donors (Lipinski definition) is 0. The monoisotopic (exact) mass is 326 g/mol. The lowest BCUT2D eigenvalue weighted by molar-refractivity contribution is -0.384. The van der Waals surface area contributed by atoms with Crippen LogP contribution in [0.25, 0.3) is 10.6 Å². The van der Waals surface area contributed by atoms with Crippen molar-refractivity contribution in [1.82, 2.24) is 4.98 Å². The normalized spacial score (nSPS) is 10.6. The van der Waals surface area contributed by atoms with Gasteiger partial charge in [0, 0.05) is 29.3 Å². The smallest absolute Gasteiger partial charge is 0.269 e. The van der Waals surface area contributed by atoms with Crippen molar-refractivity contribution in [2.24, 2.45) is 0 Å². The quantitative estimate of drug-likeness (QED) is 0.496. The highest BCUT2D eigenvalue weighted by Gasteiger charge is 2.08. The van der Waals surface area contributed by atoms with E-state index in [1.165, 1.54) is 12.1 Å². The number of benzene rings is 2. The first-order valence-corrected chi connectivity index (χ1v) is 7.91. The van der Waals surface area contributed by atoms with Gasteiger partial charge in [0.15, 0.2) is 0 Å². The highest BCUT2D eigenvalue weighted by Crippen LogP contribution is 2.26. The molecule has 0 fully saturated rings. The Balaban J connectivity index is 1.68. The van der Waals surface area contributed by atoms with Crippen LogP contribution in [0.5, 0.6) is 0 Å². The summed E-state index contributed by atoms with van der Waals surface area (Å²) in [5.41, 5.74) is 2.97. The second-order valence-electron chi connectivity index (χ2n) is 4.91. The standard InChI is InChI=1S/C17H14N2O3S/c20-19(21)15-6-3-4-13(10-15)11-22-12-14-5-1-2-7-16(14)17-18-8-9-23-17/h1-10H,11-12H2. The number of nitrogens with zero attached hydrogens (tertiary/aromatic N) is 2. The van der Waals surface area contributed by atoms with E-state index in [1.54, 1.807) is 23.6 Å². The zero-order chi connectivity index (χ0) is 16.1. The van der Waals surface area contributed by atoms with E-state index in [-0.39, 0.29) is 5.69 Å². The molecule has 116 valence electrons. The predicted molar refractivity (Wildman–Crippen MR) is 89.1 cm³/mol. The van der Waals surface area contributed by atoms with Gasteiger partial charge in [0.1, 0.15) is 5.01 Å². The molecular weight excluding hydrogens is 312 g/mol. The molecule has 2 aromatic carbocycles. The highest BCUT2D eigenvalue weighted by atomic mass is 32.1. The fourth-order valence-electron chi connectivity index (χ4n) is 2.25. The Bertz CT molecular complexity index is 803. The molecule has 0 aliphatic heterocycles. The maximum Gasteiger partial charge on any atom is 0.269 e. The predicted octanol–water partition coefficient (Wildman–Crippen LogP) is 4.44. The minimum atomic E-state index is -0.402. The van der Waals surface area contributed by atoms with Gasteiger partial charge >= 0.3 is 0 Å². The zero-order valence-electron chi connectivity index (χ0n) is 12.2. The van der Waals surface area contributed by atoms with Crippen LogP contribution in [0, 0.1) is 10.1 Å². The highest BCUT2D eigenvalue weighted by molar-refractivity contribution is 7.13. The van der Waals surface area contributed by atoms with Crippen LogP contribution in [0.15, 0.2) is 60.1 Å². The molecule has 0 aliphatic rings. The average Bonchev–Trinajstić information content (AvgIpc) is 3.10. The van der Waals surface area contributed by atoms with Crippen molar-refractivity contribution >= 4 is 17.0 Å². The van der Waals surface area contributed by atoms with Gasteiger partial charge in [0.2, 0.25) is 0 Å². The zero-order valence-corrected chi connectivity index (χ0v) is 13.0. The lowest BCUT2D eigenvalue weighted by atomic mass is 10.1. The number of non-ortho nitro benzene ring substituents is 1. The molecular formula is C17H14N2O3S. The maximum atomic E-state index is 10.8. The number of hydrogen-bond acceptors (Lipinski definition) is 5. The Morgan fingerprint density at radius 1 is 1.13 bits per heavy atom. The van der Waals surface area contributed by atoms with Gasteiger partial charge in [-0.2, -0.15) is 0 Å². The second kappa shape index (κ2) is 7.13. The van der Waals surface area contributed by atoms with Gasteiger partial charge < -0.3 is 4.74 Å². The minimum absolute atomic E-state index is 0.0780. The van der Waals surface area contributed by atoms with Gasteiger partial charge in [-0.15, -0.1) is 11.3 Å². The Labute approximate surface area is 137 Å². The summed E-state index contributed by atoms with van der Waals surface area (Å²) in [4.78, 5) is 14.7. The lowest BCUT2D eigenvalue weighted by Crippen LogP contribution is -1.97. The van der Waals surface area contributed by atoms with Crippen LogP contribution in [0.2, 0.25) is 0 Å². The third-order valence-corrected chi connectivity index (χ3v) is 4.13. The summed E-state index contributed by atoms with van der Waals surface area (Å²) < 4.78 is 5.73. The number of nitro benzene ring substituents is 1. The van der Waals surface area contributed by atoms with E-state index in [0.717, 1.165) is 21.7 Å². The molecule has 1 aromatic heterocycles. The van der Waals surface area contributed by atoms with Crippen molar-refractivity contribution in [3.8, 4) is 10.6 Å². The summed E-state index contributed by atoms with van der Waals surface area (Å²) in [6.07, 6.45) is 1.78. The van der Waals surface area contributed by atoms with Crippen LogP contribution in [-0.2, 0) is 18.0 Å². The first-order valence-electron chi connectivity index (χ1n) is 7.03. The third kappa shape index (κ3) is 3.80. The van der Waals surface area contributed by atoms with Crippen molar-refractivity contribution in [1.29, 1.82) is 0 Å². The molecule has 1 heterocycles. The summed E-state index contributed by atoms with van der Waals surface area (Å²) in [7, 11) is 0. The van der Waals surface area contributed by atoms with E-state index >= 15 is 0 Å². The maximum absolute atomic E-state index is 10.8. The fraction of sp³-hybridized carbons (Fsp3) is 0.118. The van der Waals surface area contributed by atoms with Crippen LogP contribution in [-0.4, -0.2) is 9.91 Å². The first kappa shape index (κ1) is 15.3. The molecule has 6 heteroatoms. The molecule has 0 amide bonds. The van der Waals surface area contributed by atoms with E-state index in [4.69, 9.17) is 4.74 Å². The average molecular weight is 326 g/mol. The fourth-order valence-corrected chi connectivity index (χ4v) is 2.95. The van der Waals surface area contributed by atoms with Crippen LogP contribution in [0.3, 0.4) is 0 Å². The molecule has 0 bridgehead atoms. The summed E-state index contributed by atoms with van der Waals surface area (Å²) in [6, 6.07) is 14.5. The molecule has 0 N–H and O–H groups in total. The van der Waals surface area contributed by atoms with Gasteiger partial charge in [-0.05, 0) is 11.1 Å². The third-order valence-electron chi connectivity index (χ3n) is 3.33. The molecule has 0 atom stereocenters. The Morgan fingerprint density at radius 2 is 2.00 bits per heavy atom. The number of aromatic nitrogens is 1. The first-order chi connectivity index (χ1) is 11.2. The van der Waals surface area contributed by atoms with Crippen LogP contribution in [0.1, 0.15) is 11.1 Å². The van der Waals surface area contributed by atoms with E-state index < -0.39 is 4.92 Å². The molecule has 0 saturated carbocycles. The SMILES string of the molecule is O=[N+]([O-])c1cccc(COCc2ccccc2-c2nccs2)c1. The lowest BCUT2D eigenvalue weighted by Gasteiger charge is -2.08. The van der Waals surface area contributed by atoms with Gasteiger partial charge in [-0.1, -0.05) is 36.4 Å². The molecule has 0 unspecified atom stereocenters. The molecule has 0 aliphatic carbocycles.